The van der Waals surface area contributed by atoms with E-state index in [9.17, 15) is 4.79 Å². The molecule has 0 radical (unpaired) electrons. The van der Waals surface area contributed by atoms with Gasteiger partial charge in [0.15, 0.2) is 0 Å². The predicted octanol–water partition coefficient (Wildman–Crippen LogP) is 2.67. The summed E-state index contributed by atoms with van der Waals surface area (Å²) < 4.78 is 12.3. The molecule has 0 bridgehead atoms. The quantitative estimate of drug-likeness (QED) is 0.481. The second kappa shape index (κ2) is 8.11. The molecule has 0 spiro atoms. The number of anilines is 1. The van der Waals surface area contributed by atoms with Crippen molar-refractivity contribution in [2.45, 2.75) is 25.8 Å². The Hall–Kier alpha value is -3.46. The van der Waals surface area contributed by atoms with Crippen LogP contribution in [0.1, 0.15) is 28.9 Å². The van der Waals surface area contributed by atoms with Crippen LogP contribution in [0.3, 0.4) is 0 Å². The number of carbonyl (C=O) groups is 1. The highest BCUT2D eigenvalue weighted by atomic mass is 28.1. The average molecular weight is 422 g/mol. The van der Waals surface area contributed by atoms with E-state index in [0.29, 0.717) is 40.0 Å². The highest BCUT2D eigenvalue weighted by Gasteiger charge is 2.16. The van der Waals surface area contributed by atoms with Crippen molar-refractivity contribution in [2.24, 2.45) is 0 Å². The monoisotopic (exact) mass is 421 g/mol. The summed E-state index contributed by atoms with van der Waals surface area (Å²) in [6.07, 6.45) is 4.06. The van der Waals surface area contributed by atoms with Crippen LogP contribution in [0.4, 0.5) is 5.69 Å². The summed E-state index contributed by atoms with van der Waals surface area (Å²) in [6.45, 7) is 4.09. The molecule has 1 aromatic carbocycles. The van der Waals surface area contributed by atoms with Crippen LogP contribution in [0, 0.1) is 6.92 Å². The van der Waals surface area contributed by atoms with Crippen molar-refractivity contribution >= 4 is 27.5 Å². The number of ether oxygens (including phenoxy) is 1. The Labute approximate surface area is 176 Å². The van der Waals surface area contributed by atoms with Gasteiger partial charge in [0, 0.05) is 27.9 Å². The number of benzene rings is 1. The van der Waals surface area contributed by atoms with E-state index in [1.807, 2.05) is 25.1 Å². The maximum atomic E-state index is 13.0. The fourth-order valence-electron chi connectivity index (χ4n) is 3.14. The minimum Gasteiger partial charge on any atom is -0.495 e. The molecule has 9 heteroatoms. The van der Waals surface area contributed by atoms with Gasteiger partial charge in [-0.05, 0) is 36.2 Å². The first-order valence-corrected chi connectivity index (χ1v) is 10.9. The van der Waals surface area contributed by atoms with Gasteiger partial charge in [0.2, 0.25) is 11.7 Å². The molecular weight excluding hydrogens is 398 g/mol. The molecule has 3 aromatic heterocycles. The van der Waals surface area contributed by atoms with E-state index >= 15 is 0 Å². The number of carbonyl (C=O) groups excluding carboxylic acids is 1. The number of fused-ring (bicyclic) bond motifs is 1. The van der Waals surface area contributed by atoms with E-state index in [-0.39, 0.29) is 5.91 Å². The summed E-state index contributed by atoms with van der Waals surface area (Å²) in [5.41, 5.74) is 4.03. The maximum Gasteiger partial charge on any atom is 0.274 e. The number of aryl methyl sites for hydroxylation is 1. The minimum absolute atomic E-state index is 0.269. The Kier molecular flexibility index (Phi) is 5.36. The van der Waals surface area contributed by atoms with Gasteiger partial charge >= 0.3 is 0 Å². The van der Waals surface area contributed by atoms with Crippen LogP contribution in [-0.2, 0) is 6.42 Å². The van der Waals surface area contributed by atoms with Gasteiger partial charge in [-0.1, -0.05) is 24.2 Å². The SMILES string of the molecule is COc1ccc2ncc(C(=O)Nc3cc(-c4noc(C[C@H](C)[SiH3])n4)ccc3C)n2c1. The third-order valence-corrected chi connectivity index (χ3v) is 5.15. The number of rotatable bonds is 6. The molecule has 0 fully saturated rings. The molecule has 0 unspecified atom stereocenters. The van der Waals surface area contributed by atoms with Crippen LogP contribution >= 0.6 is 0 Å². The van der Waals surface area contributed by atoms with Crippen molar-refractivity contribution in [3.63, 3.8) is 0 Å². The van der Waals surface area contributed by atoms with Gasteiger partial charge in [-0.25, -0.2) is 4.98 Å². The fourth-order valence-corrected chi connectivity index (χ4v) is 3.49. The molecule has 0 saturated carbocycles. The van der Waals surface area contributed by atoms with E-state index in [4.69, 9.17) is 9.26 Å². The first kappa shape index (κ1) is 19.8. The normalized spacial score (nSPS) is 12.2. The summed E-state index contributed by atoms with van der Waals surface area (Å²) in [5, 5.41) is 7.06. The van der Waals surface area contributed by atoms with Gasteiger partial charge in [0.05, 0.1) is 19.5 Å². The number of imidazole rings is 1. The zero-order valence-corrected chi connectivity index (χ0v) is 19.3. The van der Waals surface area contributed by atoms with Crippen molar-refractivity contribution in [1.29, 1.82) is 0 Å². The van der Waals surface area contributed by atoms with E-state index < -0.39 is 0 Å². The van der Waals surface area contributed by atoms with Crippen LogP contribution in [0.2, 0.25) is 5.54 Å². The Bertz CT molecular complexity index is 1210. The number of hydrogen-bond donors (Lipinski definition) is 1. The van der Waals surface area contributed by atoms with Crippen LogP contribution in [0.15, 0.2) is 47.2 Å². The highest BCUT2D eigenvalue weighted by Crippen LogP contribution is 2.25. The van der Waals surface area contributed by atoms with Crippen molar-refractivity contribution < 1.29 is 14.1 Å². The largest absolute Gasteiger partial charge is 0.495 e. The molecule has 4 rings (SSSR count). The number of nitrogens with one attached hydrogen (secondary N) is 1. The van der Waals surface area contributed by atoms with E-state index in [2.05, 4.69) is 27.4 Å². The molecule has 30 heavy (non-hydrogen) atoms. The molecule has 0 saturated heterocycles. The fraction of sp³-hybridized carbons (Fsp3) is 0.238. The lowest BCUT2D eigenvalue weighted by atomic mass is 10.1. The lowest BCUT2D eigenvalue weighted by molar-refractivity contribution is 0.102. The van der Waals surface area contributed by atoms with Crippen LogP contribution in [0.5, 0.6) is 5.75 Å². The molecule has 0 aliphatic rings. The molecule has 0 aliphatic carbocycles. The number of pyridine rings is 1. The van der Waals surface area contributed by atoms with Gasteiger partial charge in [0.25, 0.3) is 5.91 Å². The molecule has 1 N–H and O–H groups in total. The number of methoxy groups -OCH3 is 1. The smallest absolute Gasteiger partial charge is 0.274 e. The molecular formula is C21H23N5O3Si. The highest BCUT2D eigenvalue weighted by molar-refractivity contribution is 6.11. The van der Waals surface area contributed by atoms with Crippen molar-refractivity contribution in [3.05, 3.63) is 59.9 Å². The third-order valence-electron chi connectivity index (χ3n) is 4.74. The maximum absolute atomic E-state index is 13.0. The first-order valence-electron chi connectivity index (χ1n) is 9.70. The van der Waals surface area contributed by atoms with Gasteiger partial charge in [-0.15, -0.1) is 0 Å². The number of amides is 1. The molecule has 154 valence electrons. The Morgan fingerprint density at radius 3 is 2.93 bits per heavy atom. The standard InChI is InChI=1S/C21H23N5O3Si/c1-12-4-5-14(20-24-19(29-25-20)8-13(2)30)9-16(12)23-21(27)17-10-22-18-7-6-15(28-3)11-26(17)18/h4-7,9-11,13H,8H2,1-3,30H3,(H,23,27)/t13-/m0/s1. The van der Waals surface area contributed by atoms with E-state index in [1.54, 1.807) is 36.0 Å². The van der Waals surface area contributed by atoms with Crippen LogP contribution < -0.4 is 10.1 Å². The van der Waals surface area contributed by atoms with E-state index in [1.165, 1.54) is 0 Å². The molecule has 1 amide bonds. The zero-order valence-electron chi connectivity index (χ0n) is 17.3. The summed E-state index contributed by atoms with van der Waals surface area (Å²) in [7, 11) is 2.65. The second-order valence-corrected chi connectivity index (χ2v) is 9.51. The van der Waals surface area contributed by atoms with Crippen molar-refractivity contribution in [2.75, 3.05) is 12.4 Å². The van der Waals surface area contributed by atoms with Gasteiger partial charge in [0.1, 0.15) is 17.1 Å². The van der Waals surface area contributed by atoms with Crippen LogP contribution in [0.25, 0.3) is 17.0 Å². The predicted molar refractivity (Wildman–Crippen MR) is 117 cm³/mol. The Balaban J connectivity index is 1.61. The molecule has 0 aliphatic heterocycles. The minimum atomic E-state index is -0.269. The van der Waals surface area contributed by atoms with Gasteiger partial charge in [-0.3, -0.25) is 9.20 Å². The van der Waals surface area contributed by atoms with E-state index in [0.717, 1.165) is 27.8 Å². The average Bonchev–Trinajstić information content (AvgIpc) is 3.35. The van der Waals surface area contributed by atoms with Gasteiger partial charge in [-0.2, -0.15) is 4.98 Å². The summed E-state index contributed by atoms with van der Waals surface area (Å²) in [6, 6.07) is 9.31. The van der Waals surface area contributed by atoms with Crippen LogP contribution in [-0.4, -0.2) is 42.8 Å². The zero-order chi connectivity index (χ0) is 21.3. The number of nitrogens with zero attached hydrogens (tertiary/aromatic N) is 4. The lowest BCUT2D eigenvalue weighted by Crippen LogP contribution is -2.15. The molecule has 3 heterocycles. The lowest BCUT2D eigenvalue weighted by Gasteiger charge is -2.10. The topological polar surface area (TPSA) is 94.5 Å². The summed E-state index contributed by atoms with van der Waals surface area (Å²) >= 11 is 0. The number of hydrogen-bond acceptors (Lipinski definition) is 6. The van der Waals surface area contributed by atoms with Crippen molar-refractivity contribution in [1.82, 2.24) is 19.5 Å². The summed E-state index contributed by atoms with van der Waals surface area (Å²) in [4.78, 5) is 21.7. The first-order chi connectivity index (χ1) is 14.4. The van der Waals surface area contributed by atoms with Gasteiger partial charge < -0.3 is 14.6 Å². The second-order valence-electron chi connectivity index (χ2n) is 7.53. The van der Waals surface area contributed by atoms with Crippen molar-refractivity contribution in [3.8, 4) is 17.1 Å². The Morgan fingerprint density at radius 1 is 1.33 bits per heavy atom. The molecule has 8 nitrogen and oxygen atoms in total. The molecule has 1 atom stereocenters. The summed E-state index contributed by atoms with van der Waals surface area (Å²) in [5.74, 6) is 1.53. The molecule has 4 aromatic rings. The Morgan fingerprint density at radius 2 is 2.17 bits per heavy atom. The third kappa shape index (κ3) is 3.97. The number of aromatic nitrogens is 4.